The first kappa shape index (κ1) is 16.8. The molecule has 0 fully saturated rings. The second-order valence-electron chi connectivity index (χ2n) is 5.99. The van der Waals surface area contributed by atoms with E-state index in [9.17, 15) is 9.59 Å². The first-order valence-corrected chi connectivity index (χ1v) is 8.32. The molecule has 0 saturated carbocycles. The molecule has 25 heavy (non-hydrogen) atoms. The summed E-state index contributed by atoms with van der Waals surface area (Å²) in [4.78, 5) is 29.5. The van der Waals surface area contributed by atoms with Crippen LogP contribution in [0.5, 0.6) is 0 Å². The van der Waals surface area contributed by atoms with Crippen molar-refractivity contribution in [2.75, 3.05) is 5.32 Å². The van der Waals surface area contributed by atoms with Crippen LogP contribution in [0.25, 0.3) is 10.9 Å². The zero-order valence-corrected chi connectivity index (χ0v) is 14.6. The number of anilines is 1. The molecule has 0 aliphatic heterocycles. The summed E-state index contributed by atoms with van der Waals surface area (Å²) in [6.07, 6.45) is 0.751. The third-order valence-corrected chi connectivity index (χ3v) is 4.35. The molecule has 2 aromatic carbocycles. The van der Waals surface area contributed by atoms with Crippen molar-refractivity contribution in [3.63, 3.8) is 0 Å². The van der Waals surface area contributed by atoms with Crippen molar-refractivity contribution in [3.05, 3.63) is 70.9 Å². The Balaban J connectivity index is 2.12. The molecule has 1 amide bonds. The van der Waals surface area contributed by atoms with E-state index in [2.05, 4.69) is 10.3 Å². The lowest BCUT2D eigenvalue weighted by Crippen LogP contribution is -2.17. The monoisotopic (exact) mass is 332 g/mol. The van der Waals surface area contributed by atoms with Crippen molar-refractivity contribution in [2.24, 2.45) is 0 Å². The number of benzene rings is 2. The Kier molecular flexibility index (Phi) is 4.61. The highest BCUT2D eigenvalue weighted by Gasteiger charge is 2.18. The van der Waals surface area contributed by atoms with Crippen LogP contribution in [0, 0.1) is 6.92 Å². The fourth-order valence-corrected chi connectivity index (χ4v) is 3.08. The summed E-state index contributed by atoms with van der Waals surface area (Å²) in [5.41, 5.74) is 4.22. The average Bonchev–Trinajstić information content (AvgIpc) is 2.61. The van der Waals surface area contributed by atoms with Crippen LogP contribution >= 0.6 is 0 Å². The Labute approximate surface area is 146 Å². The lowest BCUT2D eigenvalue weighted by Gasteiger charge is -2.15. The van der Waals surface area contributed by atoms with E-state index in [-0.39, 0.29) is 11.7 Å². The van der Waals surface area contributed by atoms with E-state index in [4.69, 9.17) is 0 Å². The summed E-state index contributed by atoms with van der Waals surface area (Å²) in [6, 6.07) is 14.7. The number of para-hydroxylation sites is 2. The summed E-state index contributed by atoms with van der Waals surface area (Å²) in [5.74, 6) is -0.305. The number of ketones is 1. The van der Waals surface area contributed by atoms with Crippen LogP contribution in [0.2, 0.25) is 0 Å². The molecule has 0 radical (unpaired) electrons. The van der Waals surface area contributed by atoms with E-state index in [1.807, 2.05) is 38.1 Å². The van der Waals surface area contributed by atoms with E-state index in [0.717, 1.165) is 28.6 Å². The predicted molar refractivity (Wildman–Crippen MR) is 100 cm³/mol. The Bertz CT molecular complexity index is 977. The van der Waals surface area contributed by atoms with Gasteiger partial charge in [0.05, 0.1) is 16.8 Å². The van der Waals surface area contributed by atoms with Gasteiger partial charge in [0.15, 0.2) is 5.78 Å². The van der Waals surface area contributed by atoms with Crippen LogP contribution in [0.1, 0.15) is 45.8 Å². The van der Waals surface area contributed by atoms with Gasteiger partial charge in [0.1, 0.15) is 0 Å². The molecule has 4 heteroatoms. The molecule has 0 aliphatic carbocycles. The number of nitrogens with zero attached hydrogens (tertiary/aromatic N) is 1. The fraction of sp³-hybridized carbons (Fsp3) is 0.190. The highest BCUT2D eigenvalue weighted by Crippen LogP contribution is 2.25. The topological polar surface area (TPSA) is 59.1 Å². The van der Waals surface area contributed by atoms with Crippen LogP contribution in [0.3, 0.4) is 0 Å². The highest BCUT2D eigenvalue weighted by atomic mass is 16.1. The Morgan fingerprint density at radius 1 is 1.04 bits per heavy atom. The molecule has 0 aliphatic rings. The highest BCUT2D eigenvalue weighted by molar-refractivity contribution is 6.15. The summed E-state index contributed by atoms with van der Waals surface area (Å²) >= 11 is 0. The number of carbonyl (C=O) groups is 2. The number of carbonyl (C=O) groups excluding carboxylic acids is 2. The molecule has 0 spiro atoms. The van der Waals surface area contributed by atoms with Crippen molar-refractivity contribution in [3.8, 4) is 0 Å². The lowest BCUT2D eigenvalue weighted by molar-refractivity contribution is 0.101. The van der Waals surface area contributed by atoms with E-state index in [0.29, 0.717) is 16.8 Å². The molecule has 0 saturated heterocycles. The third-order valence-electron chi connectivity index (χ3n) is 4.35. The van der Waals surface area contributed by atoms with Crippen LogP contribution in [-0.4, -0.2) is 16.7 Å². The van der Waals surface area contributed by atoms with Crippen LogP contribution in [0.4, 0.5) is 5.69 Å². The van der Waals surface area contributed by atoms with Gasteiger partial charge in [0.2, 0.25) is 0 Å². The quantitative estimate of drug-likeness (QED) is 0.713. The van der Waals surface area contributed by atoms with E-state index < -0.39 is 0 Å². The van der Waals surface area contributed by atoms with Gasteiger partial charge in [0.25, 0.3) is 5.91 Å². The van der Waals surface area contributed by atoms with Gasteiger partial charge in [-0.15, -0.1) is 0 Å². The minimum atomic E-state index is -0.223. The smallest absolute Gasteiger partial charge is 0.256 e. The van der Waals surface area contributed by atoms with E-state index >= 15 is 0 Å². The normalized spacial score (nSPS) is 10.7. The van der Waals surface area contributed by atoms with Gasteiger partial charge in [-0.25, -0.2) is 0 Å². The van der Waals surface area contributed by atoms with Crippen molar-refractivity contribution in [2.45, 2.75) is 27.2 Å². The molecule has 126 valence electrons. The van der Waals surface area contributed by atoms with Gasteiger partial charge in [-0.1, -0.05) is 37.3 Å². The number of hydrogen-bond acceptors (Lipinski definition) is 3. The third kappa shape index (κ3) is 3.15. The van der Waals surface area contributed by atoms with Crippen molar-refractivity contribution in [1.29, 1.82) is 0 Å². The molecule has 0 bridgehead atoms. The Morgan fingerprint density at radius 3 is 2.44 bits per heavy atom. The van der Waals surface area contributed by atoms with Crippen molar-refractivity contribution < 1.29 is 9.59 Å². The van der Waals surface area contributed by atoms with Crippen LogP contribution in [-0.2, 0) is 6.42 Å². The SMILES string of the molecule is CCc1nc2ccccc2c(C(=O)Nc2ccccc2C(C)=O)c1C. The number of amides is 1. The molecule has 4 nitrogen and oxygen atoms in total. The molecule has 0 atom stereocenters. The van der Waals surface area contributed by atoms with E-state index in [1.165, 1.54) is 6.92 Å². The maximum absolute atomic E-state index is 13.0. The molecule has 3 aromatic rings. The largest absolute Gasteiger partial charge is 0.321 e. The second-order valence-corrected chi connectivity index (χ2v) is 5.99. The zero-order valence-electron chi connectivity index (χ0n) is 14.6. The van der Waals surface area contributed by atoms with Crippen LogP contribution in [0.15, 0.2) is 48.5 Å². The summed E-state index contributed by atoms with van der Waals surface area (Å²) in [7, 11) is 0. The summed E-state index contributed by atoms with van der Waals surface area (Å²) in [6.45, 7) is 5.44. The van der Waals surface area contributed by atoms with Gasteiger partial charge in [0, 0.05) is 16.6 Å². The van der Waals surface area contributed by atoms with Gasteiger partial charge in [-0.2, -0.15) is 0 Å². The Hall–Kier alpha value is -3.01. The van der Waals surface area contributed by atoms with Crippen molar-refractivity contribution >= 4 is 28.3 Å². The number of Topliss-reactive ketones (excluding diaryl/α,β-unsaturated/α-hetero) is 1. The minimum Gasteiger partial charge on any atom is -0.321 e. The van der Waals surface area contributed by atoms with Gasteiger partial charge in [-0.3, -0.25) is 14.6 Å². The molecular formula is C21H20N2O2. The first-order valence-electron chi connectivity index (χ1n) is 8.32. The standard InChI is InChI=1S/C21H20N2O2/c1-4-17-13(2)20(16-10-6-8-12-19(16)22-17)21(25)23-18-11-7-5-9-15(18)14(3)24/h5-12H,4H2,1-3H3,(H,23,25). The van der Waals surface area contributed by atoms with E-state index in [1.54, 1.807) is 24.3 Å². The van der Waals surface area contributed by atoms with Gasteiger partial charge < -0.3 is 5.32 Å². The number of rotatable bonds is 4. The number of fused-ring (bicyclic) bond motifs is 1. The van der Waals surface area contributed by atoms with Gasteiger partial charge >= 0.3 is 0 Å². The lowest BCUT2D eigenvalue weighted by atomic mass is 9.99. The summed E-state index contributed by atoms with van der Waals surface area (Å²) in [5, 5.41) is 3.72. The minimum absolute atomic E-state index is 0.0820. The number of aromatic nitrogens is 1. The fourth-order valence-electron chi connectivity index (χ4n) is 3.08. The van der Waals surface area contributed by atoms with Gasteiger partial charge in [-0.05, 0) is 44.0 Å². The second kappa shape index (κ2) is 6.85. The molecule has 1 aromatic heterocycles. The zero-order chi connectivity index (χ0) is 18.0. The number of pyridine rings is 1. The Morgan fingerprint density at radius 2 is 1.72 bits per heavy atom. The predicted octanol–water partition coefficient (Wildman–Crippen LogP) is 4.56. The molecule has 0 unspecified atom stereocenters. The maximum Gasteiger partial charge on any atom is 0.256 e. The summed E-state index contributed by atoms with van der Waals surface area (Å²) < 4.78 is 0. The number of nitrogens with one attached hydrogen (secondary N) is 1. The van der Waals surface area contributed by atoms with Crippen LogP contribution < -0.4 is 5.32 Å². The first-order chi connectivity index (χ1) is 12.0. The molecule has 3 rings (SSSR count). The van der Waals surface area contributed by atoms with Crippen molar-refractivity contribution in [1.82, 2.24) is 4.98 Å². The molecular weight excluding hydrogens is 312 g/mol. The maximum atomic E-state index is 13.0. The number of hydrogen-bond donors (Lipinski definition) is 1. The molecule has 1 heterocycles. The molecule has 1 N–H and O–H groups in total. The number of aryl methyl sites for hydroxylation is 1. The average molecular weight is 332 g/mol.